The number of nitrogen functional groups attached to an aromatic ring is 1. The van der Waals surface area contributed by atoms with Crippen molar-refractivity contribution in [3.63, 3.8) is 0 Å². The second kappa shape index (κ2) is 6.04. The average molecular weight is 345 g/mol. The maximum atomic E-state index is 13.5. The molecule has 0 bridgehead atoms. The van der Waals surface area contributed by atoms with Gasteiger partial charge in [-0.15, -0.1) is 0 Å². The number of ether oxygens (including phenoxy) is 1. The highest BCUT2D eigenvalue weighted by Crippen LogP contribution is 2.43. The highest BCUT2D eigenvalue weighted by molar-refractivity contribution is 6.04. The molecule has 3 rings (SSSR count). The third kappa shape index (κ3) is 2.86. The minimum atomic E-state index is -1.01. The summed E-state index contributed by atoms with van der Waals surface area (Å²) in [4.78, 5) is 36.8. The number of rotatable bonds is 4. The van der Waals surface area contributed by atoms with Gasteiger partial charge in [-0.25, -0.2) is 9.18 Å². The molecule has 25 heavy (non-hydrogen) atoms. The van der Waals surface area contributed by atoms with Gasteiger partial charge in [0.25, 0.3) is 11.5 Å². The summed E-state index contributed by atoms with van der Waals surface area (Å²) in [6.45, 7) is 0. The molecule has 0 spiro atoms. The van der Waals surface area contributed by atoms with E-state index in [4.69, 9.17) is 10.5 Å². The van der Waals surface area contributed by atoms with Crippen molar-refractivity contribution >= 4 is 23.3 Å². The lowest BCUT2D eigenvalue weighted by Crippen LogP contribution is -2.38. The molecular formula is C17H16FN3O4. The van der Waals surface area contributed by atoms with Crippen molar-refractivity contribution in [3.8, 4) is 0 Å². The number of pyridine rings is 1. The zero-order chi connectivity index (χ0) is 18.2. The van der Waals surface area contributed by atoms with Gasteiger partial charge in [-0.05, 0) is 43.2 Å². The predicted molar refractivity (Wildman–Crippen MR) is 88.7 cm³/mol. The number of amides is 1. The van der Waals surface area contributed by atoms with Crippen LogP contribution in [-0.4, -0.2) is 23.6 Å². The standard InChI is InChI=1S/C17H16FN3O4/c1-25-16(24)17(6-7-17)21-8-2-3-13(15(21)23)20-14(22)10-4-5-12(19)11(18)9-10/h2-5,8-9H,6-7,19H2,1H3,(H,20,22). The molecule has 0 atom stereocenters. The van der Waals surface area contributed by atoms with Crippen molar-refractivity contribution in [2.75, 3.05) is 18.2 Å². The van der Waals surface area contributed by atoms with Crippen LogP contribution < -0.4 is 16.6 Å². The molecule has 0 saturated heterocycles. The predicted octanol–water partition coefficient (Wildman–Crippen LogP) is 1.48. The fourth-order valence-electron chi connectivity index (χ4n) is 2.64. The van der Waals surface area contributed by atoms with Gasteiger partial charge in [-0.1, -0.05) is 0 Å². The van der Waals surface area contributed by atoms with E-state index in [-0.39, 0.29) is 16.9 Å². The first kappa shape index (κ1) is 16.7. The van der Waals surface area contributed by atoms with E-state index in [1.165, 1.54) is 36.1 Å². The van der Waals surface area contributed by atoms with Crippen molar-refractivity contribution in [2.24, 2.45) is 0 Å². The van der Waals surface area contributed by atoms with Crippen molar-refractivity contribution < 1.29 is 18.7 Å². The van der Waals surface area contributed by atoms with E-state index in [0.29, 0.717) is 12.8 Å². The van der Waals surface area contributed by atoms with Gasteiger partial charge in [0, 0.05) is 11.8 Å². The van der Waals surface area contributed by atoms with Crippen LogP contribution in [0, 0.1) is 5.82 Å². The van der Waals surface area contributed by atoms with Crippen LogP contribution in [0.3, 0.4) is 0 Å². The molecule has 1 heterocycles. The first-order valence-electron chi connectivity index (χ1n) is 7.56. The smallest absolute Gasteiger partial charge is 0.332 e. The molecule has 1 saturated carbocycles. The Morgan fingerprint density at radius 3 is 2.64 bits per heavy atom. The van der Waals surface area contributed by atoms with Gasteiger partial charge < -0.3 is 15.8 Å². The molecule has 3 N–H and O–H groups in total. The number of methoxy groups -OCH3 is 1. The van der Waals surface area contributed by atoms with E-state index in [9.17, 15) is 18.8 Å². The molecule has 1 fully saturated rings. The Bertz CT molecular complexity index is 918. The number of halogens is 1. The number of anilines is 2. The topological polar surface area (TPSA) is 103 Å². The van der Waals surface area contributed by atoms with Crippen LogP contribution in [0.5, 0.6) is 0 Å². The average Bonchev–Trinajstić information content (AvgIpc) is 3.40. The van der Waals surface area contributed by atoms with Gasteiger partial charge in [0.2, 0.25) is 0 Å². The molecule has 2 aromatic rings. The zero-order valence-electron chi connectivity index (χ0n) is 13.4. The van der Waals surface area contributed by atoms with Crippen molar-refractivity contribution in [1.82, 2.24) is 4.57 Å². The summed E-state index contributed by atoms with van der Waals surface area (Å²) < 4.78 is 19.5. The Kier molecular flexibility index (Phi) is 4.03. The summed E-state index contributed by atoms with van der Waals surface area (Å²) in [5, 5.41) is 2.44. The van der Waals surface area contributed by atoms with Crippen molar-refractivity contribution in [2.45, 2.75) is 18.4 Å². The summed E-state index contributed by atoms with van der Waals surface area (Å²) in [6.07, 6.45) is 2.45. The Labute approximate surface area is 142 Å². The number of aromatic nitrogens is 1. The molecule has 1 aromatic heterocycles. The number of carbonyl (C=O) groups excluding carboxylic acids is 2. The number of nitrogens with zero attached hydrogens (tertiary/aromatic N) is 1. The summed E-state index contributed by atoms with van der Waals surface area (Å²) in [5.74, 6) is -1.88. The van der Waals surface area contributed by atoms with Gasteiger partial charge in [0.1, 0.15) is 17.0 Å². The van der Waals surface area contributed by atoms with E-state index in [1.807, 2.05) is 0 Å². The maximum absolute atomic E-state index is 13.5. The molecule has 0 aliphatic heterocycles. The number of esters is 1. The number of hydrogen-bond acceptors (Lipinski definition) is 5. The number of benzene rings is 1. The van der Waals surface area contributed by atoms with Crippen LogP contribution in [0.15, 0.2) is 41.3 Å². The van der Waals surface area contributed by atoms with Crippen LogP contribution >= 0.6 is 0 Å². The highest BCUT2D eigenvalue weighted by Gasteiger charge is 2.53. The summed E-state index contributed by atoms with van der Waals surface area (Å²) in [6, 6.07) is 6.57. The van der Waals surface area contributed by atoms with Gasteiger partial charge >= 0.3 is 5.97 Å². The zero-order valence-corrected chi connectivity index (χ0v) is 13.4. The Balaban J connectivity index is 1.90. The van der Waals surface area contributed by atoms with E-state index in [0.717, 1.165) is 6.07 Å². The molecule has 1 aliphatic rings. The third-order valence-electron chi connectivity index (χ3n) is 4.21. The number of nitrogens with one attached hydrogen (secondary N) is 1. The van der Waals surface area contributed by atoms with Crippen molar-refractivity contribution in [1.29, 1.82) is 0 Å². The lowest BCUT2D eigenvalue weighted by molar-refractivity contribution is -0.146. The molecule has 1 aromatic carbocycles. The molecule has 7 nitrogen and oxygen atoms in total. The fourth-order valence-corrected chi connectivity index (χ4v) is 2.64. The van der Waals surface area contributed by atoms with Crippen LogP contribution in [0.4, 0.5) is 15.8 Å². The lowest BCUT2D eigenvalue weighted by atomic mass is 10.2. The Morgan fingerprint density at radius 1 is 1.32 bits per heavy atom. The first-order chi connectivity index (χ1) is 11.9. The third-order valence-corrected chi connectivity index (χ3v) is 4.21. The minimum Gasteiger partial charge on any atom is -0.467 e. The molecule has 130 valence electrons. The van der Waals surface area contributed by atoms with Gasteiger partial charge in [0.15, 0.2) is 0 Å². The van der Waals surface area contributed by atoms with E-state index in [1.54, 1.807) is 6.07 Å². The Hall–Kier alpha value is -3.16. The number of nitrogens with two attached hydrogens (primary N) is 1. The molecular weight excluding hydrogens is 329 g/mol. The lowest BCUT2D eigenvalue weighted by Gasteiger charge is -2.17. The van der Waals surface area contributed by atoms with Gasteiger partial charge in [0.05, 0.1) is 12.8 Å². The van der Waals surface area contributed by atoms with Gasteiger partial charge in [-0.3, -0.25) is 14.2 Å². The largest absolute Gasteiger partial charge is 0.467 e. The monoisotopic (exact) mass is 345 g/mol. The fraction of sp³-hybridized carbons (Fsp3) is 0.235. The number of hydrogen-bond donors (Lipinski definition) is 2. The summed E-state index contributed by atoms with van der Waals surface area (Å²) in [7, 11) is 1.26. The van der Waals surface area contributed by atoms with E-state index >= 15 is 0 Å². The summed E-state index contributed by atoms with van der Waals surface area (Å²) >= 11 is 0. The maximum Gasteiger partial charge on any atom is 0.332 e. The second-order valence-electron chi connectivity index (χ2n) is 5.81. The molecule has 1 aliphatic carbocycles. The molecule has 0 unspecified atom stereocenters. The van der Waals surface area contributed by atoms with E-state index < -0.39 is 28.8 Å². The first-order valence-corrected chi connectivity index (χ1v) is 7.56. The van der Waals surface area contributed by atoms with Crippen LogP contribution in [0.25, 0.3) is 0 Å². The summed E-state index contributed by atoms with van der Waals surface area (Å²) in [5.41, 5.74) is 3.76. The van der Waals surface area contributed by atoms with Crippen LogP contribution in [0.1, 0.15) is 23.2 Å². The molecule has 8 heteroatoms. The van der Waals surface area contributed by atoms with Crippen LogP contribution in [-0.2, 0) is 15.1 Å². The number of carbonyl (C=O) groups is 2. The van der Waals surface area contributed by atoms with Crippen molar-refractivity contribution in [3.05, 3.63) is 58.3 Å². The van der Waals surface area contributed by atoms with Gasteiger partial charge in [-0.2, -0.15) is 0 Å². The normalized spacial score (nSPS) is 14.6. The quantitative estimate of drug-likeness (QED) is 0.645. The van der Waals surface area contributed by atoms with Crippen LogP contribution in [0.2, 0.25) is 0 Å². The SMILES string of the molecule is COC(=O)C1(n2cccc(NC(=O)c3ccc(N)c(F)c3)c2=O)CC1. The Morgan fingerprint density at radius 2 is 2.04 bits per heavy atom. The van der Waals surface area contributed by atoms with E-state index in [2.05, 4.69) is 5.32 Å². The second-order valence-corrected chi connectivity index (χ2v) is 5.81. The highest BCUT2D eigenvalue weighted by atomic mass is 19.1. The minimum absolute atomic E-state index is 0.0140. The molecule has 1 amide bonds. The molecule has 0 radical (unpaired) electrons.